The first-order valence-electron chi connectivity index (χ1n) is 10.1. The first-order valence-corrected chi connectivity index (χ1v) is 11.5. The second-order valence-corrected chi connectivity index (χ2v) is 9.26. The number of sulfonamides is 1. The summed E-state index contributed by atoms with van der Waals surface area (Å²) in [5.74, 6) is -0.506. The standard InChI is InChI=1S/C20H20F3N5O5S/c1-32-16-4-3-14(34(30,31)27-6-8-33-9-7-27)10-15(16)19(29)24-11-18-26-25-17-5-2-13(12-28(17)18)20(21,22)23/h2-5,10,12H,6-9,11H2,1H3,(H,24,29). The number of fused-ring (bicyclic) bond motifs is 1. The molecule has 0 unspecified atom stereocenters. The Morgan fingerprint density at radius 3 is 2.59 bits per heavy atom. The van der Waals surface area contributed by atoms with Crippen molar-refractivity contribution in [3.05, 3.63) is 53.5 Å². The molecular formula is C20H20F3N5O5S. The molecule has 14 heteroatoms. The number of benzene rings is 1. The summed E-state index contributed by atoms with van der Waals surface area (Å²) in [4.78, 5) is 12.8. The highest BCUT2D eigenvalue weighted by Gasteiger charge is 2.31. The fourth-order valence-corrected chi connectivity index (χ4v) is 4.88. The van der Waals surface area contributed by atoms with Crippen molar-refractivity contribution < 1.29 is 35.9 Å². The lowest BCUT2D eigenvalue weighted by Gasteiger charge is -2.26. The van der Waals surface area contributed by atoms with E-state index in [0.29, 0.717) is 0 Å². The van der Waals surface area contributed by atoms with Crippen LogP contribution in [0.1, 0.15) is 21.7 Å². The number of carbonyl (C=O) groups excluding carboxylic acids is 1. The molecule has 4 rings (SSSR count). The van der Waals surface area contributed by atoms with Crippen LogP contribution >= 0.6 is 0 Å². The lowest BCUT2D eigenvalue weighted by Crippen LogP contribution is -2.40. The highest BCUT2D eigenvalue weighted by atomic mass is 32.2. The molecule has 34 heavy (non-hydrogen) atoms. The van der Waals surface area contributed by atoms with E-state index in [-0.39, 0.29) is 60.5 Å². The number of rotatable bonds is 6. The van der Waals surface area contributed by atoms with Crippen LogP contribution < -0.4 is 10.1 Å². The van der Waals surface area contributed by atoms with Crippen molar-refractivity contribution in [2.75, 3.05) is 33.4 Å². The van der Waals surface area contributed by atoms with Crippen molar-refractivity contribution in [2.45, 2.75) is 17.6 Å². The number of hydrogen-bond donors (Lipinski definition) is 1. The van der Waals surface area contributed by atoms with Crippen LogP contribution in [0.5, 0.6) is 5.75 Å². The van der Waals surface area contributed by atoms with E-state index in [1.165, 1.54) is 35.7 Å². The van der Waals surface area contributed by atoms with E-state index >= 15 is 0 Å². The monoisotopic (exact) mass is 499 g/mol. The normalized spacial score (nSPS) is 15.4. The molecule has 0 radical (unpaired) electrons. The molecule has 0 atom stereocenters. The third kappa shape index (κ3) is 4.69. The van der Waals surface area contributed by atoms with Crippen molar-refractivity contribution in [2.24, 2.45) is 0 Å². The predicted molar refractivity (Wildman–Crippen MR) is 112 cm³/mol. The molecule has 3 heterocycles. The topological polar surface area (TPSA) is 115 Å². The minimum absolute atomic E-state index is 0.0540. The van der Waals surface area contributed by atoms with Crippen LogP contribution in [0.2, 0.25) is 0 Å². The van der Waals surface area contributed by atoms with Crippen LogP contribution in [-0.2, 0) is 27.5 Å². The van der Waals surface area contributed by atoms with Gasteiger partial charge in [0.15, 0.2) is 11.5 Å². The van der Waals surface area contributed by atoms with E-state index in [4.69, 9.17) is 9.47 Å². The van der Waals surface area contributed by atoms with Crippen molar-refractivity contribution in [3.63, 3.8) is 0 Å². The molecule has 0 saturated carbocycles. The van der Waals surface area contributed by atoms with E-state index in [2.05, 4.69) is 15.5 Å². The van der Waals surface area contributed by atoms with E-state index in [1.807, 2.05) is 0 Å². The number of pyridine rings is 1. The van der Waals surface area contributed by atoms with Gasteiger partial charge in [-0.1, -0.05) is 0 Å². The van der Waals surface area contributed by atoms with Crippen molar-refractivity contribution in [1.29, 1.82) is 0 Å². The van der Waals surface area contributed by atoms with Gasteiger partial charge in [0.2, 0.25) is 10.0 Å². The first kappa shape index (κ1) is 23.9. The summed E-state index contributed by atoms with van der Waals surface area (Å²) in [5, 5.41) is 10.2. The van der Waals surface area contributed by atoms with Gasteiger partial charge in [-0.05, 0) is 30.3 Å². The molecule has 10 nitrogen and oxygen atoms in total. The molecular weight excluding hydrogens is 479 g/mol. The number of aromatic nitrogens is 3. The quantitative estimate of drug-likeness (QED) is 0.549. The molecule has 0 spiro atoms. The summed E-state index contributed by atoms with van der Waals surface area (Å²) in [6.45, 7) is 0.659. The first-order chi connectivity index (χ1) is 16.1. The van der Waals surface area contributed by atoms with Crippen LogP contribution in [-0.4, -0.2) is 66.6 Å². The number of ether oxygens (including phenoxy) is 2. The summed E-state index contributed by atoms with van der Waals surface area (Å²) in [6, 6.07) is 5.96. The lowest BCUT2D eigenvalue weighted by atomic mass is 10.2. The highest BCUT2D eigenvalue weighted by molar-refractivity contribution is 7.89. The minimum atomic E-state index is -4.56. The molecule has 1 fully saturated rings. The Morgan fingerprint density at radius 2 is 1.91 bits per heavy atom. The number of carbonyl (C=O) groups is 1. The number of amides is 1. The van der Waals surface area contributed by atoms with Gasteiger partial charge in [-0.25, -0.2) is 8.42 Å². The minimum Gasteiger partial charge on any atom is -0.496 e. The summed E-state index contributed by atoms with van der Waals surface area (Å²) >= 11 is 0. The van der Waals surface area contributed by atoms with Crippen molar-refractivity contribution in [1.82, 2.24) is 24.2 Å². The number of hydrogen-bond acceptors (Lipinski definition) is 7. The predicted octanol–water partition coefficient (Wildman–Crippen LogP) is 1.71. The Bertz CT molecular complexity index is 1320. The zero-order chi connectivity index (χ0) is 24.5. The molecule has 1 amide bonds. The number of halogens is 3. The number of alkyl halides is 3. The van der Waals surface area contributed by atoms with Gasteiger partial charge < -0.3 is 14.8 Å². The van der Waals surface area contributed by atoms with Gasteiger partial charge in [0.25, 0.3) is 5.91 Å². The van der Waals surface area contributed by atoms with Crippen LogP contribution in [0, 0.1) is 0 Å². The molecule has 1 aliphatic heterocycles. The molecule has 1 N–H and O–H groups in total. The van der Waals surface area contributed by atoms with E-state index in [9.17, 15) is 26.4 Å². The average Bonchev–Trinajstić information content (AvgIpc) is 3.24. The van der Waals surface area contributed by atoms with Crippen LogP contribution in [0.3, 0.4) is 0 Å². The number of methoxy groups -OCH3 is 1. The Labute approximate surface area is 192 Å². The van der Waals surface area contributed by atoms with E-state index < -0.39 is 27.7 Å². The van der Waals surface area contributed by atoms with Gasteiger partial charge >= 0.3 is 6.18 Å². The molecule has 0 bridgehead atoms. The Morgan fingerprint density at radius 1 is 1.18 bits per heavy atom. The van der Waals surface area contributed by atoms with Gasteiger partial charge in [-0.3, -0.25) is 9.20 Å². The molecule has 182 valence electrons. The Hall–Kier alpha value is -3.23. The van der Waals surface area contributed by atoms with Crippen molar-refractivity contribution >= 4 is 21.6 Å². The van der Waals surface area contributed by atoms with E-state index in [0.717, 1.165) is 16.7 Å². The van der Waals surface area contributed by atoms with E-state index in [1.54, 1.807) is 0 Å². The van der Waals surface area contributed by atoms with Crippen molar-refractivity contribution in [3.8, 4) is 5.75 Å². The lowest BCUT2D eigenvalue weighted by molar-refractivity contribution is -0.137. The van der Waals surface area contributed by atoms with Crippen LogP contribution in [0.4, 0.5) is 13.2 Å². The Kier molecular flexibility index (Phi) is 6.47. The molecule has 0 aliphatic carbocycles. The Balaban J connectivity index is 1.58. The summed E-state index contributed by atoms with van der Waals surface area (Å²) in [7, 11) is -2.54. The highest BCUT2D eigenvalue weighted by Crippen LogP contribution is 2.29. The maximum absolute atomic E-state index is 13.0. The molecule has 1 saturated heterocycles. The van der Waals surface area contributed by atoms with Gasteiger partial charge in [0.05, 0.1) is 42.9 Å². The smallest absolute Gasteiger partial charge is 0.417 e. The largest absolute Gasteiger partial charge is 0.496 e. The average molecular weight is 499 g/mol. The summed E-state index contributed by atoms with van der Waals surface area (Å²) in [5.41, 5.74) is -0.773. The van der Waals surface area contributed by atoms with Gasteiger partial charge in [0, 0.05) is 19.3 Å². The second kappa shape index (κ2) is 9.19. The molecule has 2 aromatic heterocycles. The number of nitrogens with zero attached hydrogens (tertiary/aromatic N) is 4. The number of morpholine rings is 1. The third-order valence-electron chi connectivity index (χ3n) is 5.23. The molecule has 3 aromatic rings. The van der Waals surface area contributed by atoms with Crippen LogP contribution in [0.15, 0.2) is 41.4 Å². The zero-order valence-corrected chi connectivity index (χ0v) is 18.7. The second-order valence-electron chi connectivity index (χ2n) is 7.32. The fraction of sp³-hybridized carbons (Fsp3) is 0.350. The maximum atomic E-state index is 13.0. The van der Waals surface area contributed by atoms with Crippen LogP contribution in [0.25, 0.3) is 5.65 Å². The van der Waals surface area contributed by atoms with Gasteiger partial charge in [-0.2, -0.15) is 17.5 Å². The van der Waals surface area contributed by atoms with Gasteiger partial charge in [-0.15, -0.1) is 10.2 Å². The zero-order valence-electron chi connectivity index (χ0n) is 17.9. The summed E-state index contributed by atoms with van der Waals surface area (Å²) in [6.07, 6.45) is -3.72. The van der Waals surface area contributed by atoms with Gasteiger partial charge in [0.1, 0.15) is 5.75 Å². The SMILES string of the molecule is COc1ccc(S(=O)(=O)N2CCOCC2)cc1C(=O)NCc1nnc2ccc(C(F)(F)F)cn12. The maximum Gasteiger partial charge on any atom is 0.417 e. The summed E-state index contributed by atoms with van der Waals surface area (Å²) < 4.78 is 77.8. The third-order valence-corrected chi connectivity index (χ3v) is 7.13. The molecule has 1 aromatic carbocycles. The number of nitrogens with one attached hydrogen (secondary N) is 1. The molecule has 1 aliphatic rings. The fourth-order valence-electron chi connectivity index (χ4n) is 3.44.